The van der Waals surface area contributed by atoms with Crippen LogP contribution in [0.25, 0.3) is 21.7 Å². The van der Waals surface area contributed by atoms with Crippen molar-refractivity contribution in [2.75, 3.05) is 32.7 Å². The molecule has 4 aromatic rings. The van der Waals surface area contributed by atoms with Crippen molar-refractivity contribution in [3.63, 3.8) is 0 Å². The zero-order valence-corrected chi connectivity index (χ0v) is 16.5. The third-order valence-electron chi connectivity index (χ3n) is 6.00. The lowest BCUT2D eigenvalue weighted by molar-refractivity contribution is 0.0846. The standard InChI is InChI=1S/C25H25N3O/c29-25(23-16-26-24-11-4-3-10-22(23)24)18-28-14-12-27(13-15-28)17-20-8-5-7-19-6-1-2-9-21(19)20/h1-11,16,26H,12-15,17-18H2. The first-order valence-electron chi connectivity index (χ1n) is 10.3. The summed E-state index contributed by atoms with van der Waals surface area (Å²) in [5.74, 6) is 0.199. The summed E-state index contributed by atoms with van der Waals surface area (Å²) in [5, 5.41) is 3.66. The lowest BCUT2D eigenvalue weighted by atomic mass is 10.0. The van der Waals surface area contributed by atoms with Crippen LogP contribution >= 0.6 is 0 Å². The number of aromatic nitrogens is 1. The average Bonchev–Trinajstić information content (AvgIpc) is 3.20. The van der Waals surface area contributed by atoms with Gasteiger partial charge in [-0.15, -0.1) is 0 Å². The van der Waals surface area contributed by atoms with Crippen LogP contribution < -0.4 is 0 Å². The Kier molecular flexibility index (Phi) is 4.88. The first kappa shape index (κ1) is 18.1. The molecule has 3 aromatic carbocycles. The van der Waals surface area contributed by atoms with Gasteiger partial charge in [-0.1, -0.05) is 60.7 Å². The molecule has 1 aromatic heterocycles. The summed E-state index contributed by atoms with van der Waals surface area (Å²) in [7, 11) is 0. The summed E-state index contributed by atoms with van der Waals surface area (Å²) in [6.07, 6.45) is 1.85. The summed E-state index contributed by atoms with van der Waals surface area (Å²) in [4.78, 5) is 20.8. The molecule has 2 heterocycles. The maximum atomic E-state index is 12.8. The van der Waals surface area contributed by atoms with E-state index in [2.05, 4.69) is 57.2 Å². The van der Waals surface area contributed by atoms with Crippen molar-refractivity contribution in [1.29, 1.82) is 0 Å². The number of nitrogens with zero attached hydrogens (tertiary/aromatic N) is 2. The molecule has 1 fully saturated rings. The predicted molar refractivity (Wildman–Crippen MR) is 118 cm³/mol. The van der Waals surface area contributed by atoms with Gasteiger partial charge in [0.05, 0.1) is 6.54 Å². The number of carbonyl (C=O) groups is 1. The Hall–Kier alpha value is -2.95. The fourth-order valence-electron chi connectivity index (χ4n) is 4.37. The van der Waals surface area contributed by atoms with Gasteiger partial charge >= 0.3 is 0 Å². The molecule has 0 saturated carbocycles. The Morgan fingerprint density at radius 1 is 0.793 bits per heavy atom. The van der Waals surface area contributed by atoms with Crippen LogP contribution in [0, 0.1) is 0 Å². The van der Waals surface area contributed by atoms with Crippen LogP contribution in [0.15, 0.2) is 72.9 Å². The van der Waals surface area contributed by atoms with Crippen LogP contribution in [0.5, 0.6) is 0 Å². The molecule has 0 radical (unpaired) electrons. The van der Waals surface area contributed by atoms with Crippen LogP contribution in [0.1, 0.15) is 15.9 Å². The number of nitrogens with one attached hydrogen (secondary N) is 1. The van der Waals surface area contributed by atoms with E-state index in [4.69, 9.17) is 0 Å². The molecule has 0 aliphatic carbocycles. The summed E-state index contributed by atoms with van der Waals surface area (Å²) < 4.78 is 0. The summed E-state index contributed by atoms with van der Waals surface area (Å²) in [6, 6.07) is 23.1. The number of hydrogen-bond donors (Lipinski definition) is 1. The average molecular weight is 383 g/mol. The van der Waals surface area contributed by atoms with E-state index in [1.165, 1.54) is 16.3 Å². The number of fused-ring (bicyclic) bond motifs is 2. The highest BCUT2D eigenvalue weighted by Crippen LogP contribution is 2.21. The molecule has 1 aliphatic heterocycles. The quantitative estimate of drug-likeness (QED) is 0.522. The lowest BCUT2D eigenvalue weighted by Gasteiger charge is -2.34. The van der Waals surface area contributed by atoms with Gasteiger partial charge in [0, 0.05) is 55.4 Å². The molecular weight excluding hydrogens is 358 g/mol. The van der Waals surface area contributed by atoms with Gasteiger partial charge in [-0.3, -0.25) is 14.6 Å². The molecule has 1 N–H and O–H groups in total. The van der Waals surface area contributed by atoms with Crippen molar-refractivity contribution in [3.05, 3.63) is 84.1 Å². The maximum absolute atomic E-state index is 12.8. The molecule has 0 spiro atoms. The van der Waals surface area contributed by atoms with Crippen molar-refractivity contribution < 1.29 is 4.79 Å². The predicted octanol–water partition coefficient (Wildman–Crippen LogP) is 4.32. The fourth-order valence-corrected chi connectivity index (χ4v) is 4.37. The Balaban J connectivity index is 1.21. The van der Waals surface area contributed by atoms with Gasteiger partial charge in [0.1, 0.15) is 0 Å². The van der Waals surface area contributed by atoms with Crippen LogP contribution in [0.4, 0.5) is 0 Å². The van der Waals surface area contributed by atoms with Crippen LogP contribution in [0.3, 0.4) is 0 Å². The molecule has 1 aliphatic rings. The van der Waals surface area contributed by atoms with E-state index in [-0.39, 0.29) is 5.78 Å². The van der Waals surface area contributed by atoms with Crippen molar-refractivity contribution in [2.45, 2.75) is 6.54 Å². The first-order chi connectivity index (χ1) is 14.3. The number of para-hydroxylation sites is 1. The molecule has 0 unspecified atom stereocenters. The minimum Gasteiger partial charge on any atom is -0.360 e. The number of piperazine rings is 1. The fraction of sp³-hybridized carbons (Fsp3) is 0.240. The second kappa shape index (κ2) is 7.82. The monoisotopic (exact) mass is 383 g/mol. The summed E-state index contributed by atoms with van der Waals surface area (Å²) in [6.45, 7) is 5.29. The van der Waals surface area contributed by atoms with E-state index >= 15 is 0 Å². The summed E-state index contributed by atoms with van der Waals surface area (Å²) >= 11 is 0. The van der Waals surface area contributed by atoms with Gasteiger partial charge in [-0.2, -0.15) is 0 Å². The van der Waals surface area contributed by atoms with E-state index < -0.39 is 0 Å². The third-order valence-corrected chi connectivity index (χ3v) is 6.00. The highest BCUT2D eigenvalue weighted by atomic mass is 16.1. The molecule has 4 nitrogen and oxygen atoms in total. The van der Waals surface area contributed by atoms with Gasteiger partial charge in [-0.25, -0.2) is 0 Å². The molecule has 0 amide bonds. The van der Waals surface area contributed by atoms with Crippen molar-refractivity contribution >= 4 is 27.5 Å². The number of benzene rings is 3. The number of aromatic amines is 1. The number of rotatable bonds is 5. The Morgan fingerprint density at radius 3 is 2.34 bits per heavy atom. The van der Waals surface area contributed by atoms with E-state index in [9.17, 15) is 4.79 Å². The Labute approximate surface area is 170 Å². The number of H-pyrrole nitrogens is 1. The maximum Gasteiger partial charge on any atom is 0.178 e. The second-order valence-electron chi connectivity index (χ2n) is 7.86. The minimum atomic E-state index is 0.199. The van der Waals surface area contributed by atoms with Crippen molar-refractivity contribution in [2.24, 2.45) is 0 Å². The third kappa shape index (κ3) is 3.69. The van der Waals surface area contributed by atoms with E-state index in [0.29, 0.717) is 6.54 Å². The second-order valence-corrected chi connectivity index (χ2v) is 7.86. The molecule has 1 saturated heterocycles. The van der Waals surface area contributed by atoms with Crippen LogP contribution in [-0.2, 0) is 6.54 Å². The van der Waals surface area contributed by atoms with Crippen LogP contribution in [-0.4, -0.2) is 53.3 Å². The topological polar surface area (TPSA) is 39.3 Å². The highest BCUT2D eigenvalue weighted by Gasteiger charge is 2.21. The van der Waals surface area contributed by atoms with Crippen molar-refractivity contribution in [3.8, 4) is 0 Å². The van der Waals surface area contributed by atoms with Crippen molar-refractivity contribution in [1.82, 2.24) is 14.8 Å². The molecule has 5 rings (SSSR count). The molecule has 0 bridgehead atoms. The summed E-state index contributed by atoms with van der Waals surface area (Å²) in [5.41, 5.74) is 3.21. The molecular formula is C25H25N3O. The number of ketones is 1. The largest absolute Gasteiger partial charge is 0.360 e. The Bertz CT molecular complexity index is 1150. The molecule has 29 heavy (non-hydrogen) atoms. The van der Waals surface area contributed by atoms with E-state index in [1.54, 1.807) is 0 Å². The minimum absolute atomic E-state index is 0.199. The van der Waals surface area contributed by atoms with Gasteiger partial charge in [0.15, 0.2) is 5.78 Å². The van der Waals surface area contributed by atoms with E-state index in [1.807, 2.05) is 30.5 Å². The lowest BCUT2D eigenvalue weighted by Crippen LogP contribution is -2.47. The van der Waals surface area contributed by atoms with Crippen LogP contribution in [0.2, 0.25) is 0 Å². The van der Waals surface area contributed by atoms with Gasteiger partial charge in [-0.05, 0) is 22.4 Å². The van der Waals surface area contributed by atoms with Gasteiger partial charge in [0.2, 0.25) is 0 Å². The van der Waals surface area contributed by atoms with Gasteiger partial charge < -0.3 is 4.98 Å². The first-order valence-corrected chi connectivity index (χ1v) is 10.3. The molecule has 146 valence electrons. The normalized spacial score (nSPS) is 15.9. The highest BCUT2D eigenvalue weighted by molar-refractivity contribution is 6.08. The van der Waals surface area contributed by atoms with Gasteiger partial charge in [0.25, 0.3) is 0 Å². The molecule has 4 heteroatoms. The smallest absolute Gasteiger partial charge is 0.178 e. The number of carbonyl (C=O) groups excluding carboxylic acids is 1. The zero-order chi connectivity index (χ0) is 19.6. The van der Waals surface area contributed by atoms with E-state index in [0.717, 1.165) is 49.2 Å². The zero-order valence-electron chi connectivity index (χ0n) is 16.5. The SMILES string of the molecule is O=C(CN1CCN(Cc2cccc3ccccc23)CC1)c1c[nH]c2ccccc12. The number of hydrogen-bond acceptors (Lipinski definition) is 3. The Morgan fingerprint density at radius 2 is 1.48 bits per heavy atom. The molecule has 0 atom stereocenters. The number of Topliss-reactive ketones (excluding diaryl/α,β-unsaturated/α-hetero) is 1.